The van der Waals surface area contributed by atoms with Crippen LogP contribution in [0.5, 0.6) is 5.75 Å². The van der Waals surface area contributed by atoms with E-state index in [1.54, 1.807) is 6.07 Å². The van der Waals surface area contributed by atoms with Gasteiger partial charge in [-0.25, -0.2) is 4.39 Å². The Labute approximate surface area is 144 Å². The summed E-state index contributed by atoms with van der Waals surface area (Å²) < 4.78 is 20.5. The summed E-state index contributed by atoms with van der Waals surface area (Å²) >= 11 is 13.0. The van der Waals surface area contributed by atoms with Crippen LogP contribution in [0.2, 0.25) is 5.02 Å². The van der Waals surface area contributed by atoms with Crippen molar-refractivity contribution in [2.24, 2.45) is 0 Å². The van der Waals surface area contributed by atoms with E-state index < -0.39 is 0 Å². The minimum Gasteiger partial charge on any atom is -0.486 e. The van der Waals surface area contributed by atoms with Crippen molar-refractivity contribution in [1.29, 1.82) is 0 Å². The maximum Gasteiger partial charge on any atom is 0.148 e. The van der Waals surface area contributed by atoms with Gasteiger partial charge in [-0.15, -0.1) is 0 Å². The zero-order valence-electron chi connectivity index (χ0n) is 11.2. The fraction of sp³-hybridized carbons (Fsp3) is 0.200. The van der Waals surface area contributed by atoms with Crippen LogP contribution in [-0.2, 0) is 13.2 Å². The fourth-order valence-corrected chi connectivity index (χ4v) is 3.58. The van der Waals surface area contributed by atoms with Gasteiger partial charge in [-0.3, -0.25) is 0 Å². The fourth-order valence-electron chi connectivity index (χ4n) is 1.85. The van der Waals surface area contributed by atoms with E-state index in [9.17, 15) is 4.39 Å². The van der Waals surface area contributed by atoms with Crippen molar-refractivity contribution in [3.63, 3.8) is 0 Å². The lowest BCUT2D eigenvalue weighted by molar-refractivity contribution is 0.302. The number of hydrogen-bond donors (Lipinski definition) is 1. The Morgan fingerprint density at radius 1 is 1.19 bits per heavy atom. The zero-order valence-corrected chi connectivity index (χ0v) is 15.1. The van der Waals surface area contributed by atoms with Crippen LogP contribution in [0.1, 0.15) is 11.1 Å². The van der Waals surface area contributed by atoms with Gasteiger partial charge < -0.3 is 10.1 Å². The van der Waals surface area contributed by atoms with Gasteiger partial charge in [-0.05, 0) is 68.7 Å². The molecule has 0 bridgehead atoms. The molecule has 0 amide bonds. The largest absolute Gasteiger partial charge is 0.486 e. The topological polar surface area (TPSA) is 21.3 Å². The molecule has 2 aromatic rings. The van der Waals surface area contributed by atoms with E-state index in [4.69, 9.17) is 16.3 Å². The van der Waals surface area contributed by atoms with Crippen LogP contribution in [0.4, 0.5) is 4.39 Å². The second-order valence-electron chi connectivity index (χ2n) is 4.44. The molecule has 2 aromatic carbocycles. The second kappa shape index (κ2) is 7.58. The summed E-state index contributed by atoms with van der Waals surface area (Å²) in [6.45, 7) is 1.03. The minimum atomic E-state index is -0.359. The first-order valence-corrected chi connectivity index (χ1v) is 8.17. The standard InChI is InChI=1S/C15H13Br2ClFNO/c1-20-7-9-4-12(16)15(13(17)5-9)21-8-10-2-3-11(19)6-14(10)18/h2-6,20H,7-8H2,1H3. The van der Waals surface area contributed by atoms with Gasteiger partial charge in [0.2, 0.25) is 0 Å². The predicted octanol–water partition coefficient (Wildman–Crippen LogP) is 5.30. The predicted molar refractivity (Wildman–Crippen MR) is 90.3 cm³/mol. The van der Waals surface area contributed by atoms with Gasteiger partial charge in [0.15, 0.2) is 0 Å². The summed E-state index contributed by atoms with van der Waals surface area (Å²) in [5.41, 5.74) is 1.86. The lowest BCUT2D eigenvalue weighted by Gasteiger charge is -2.13. The highest BCUT2D eigenvalue weighted by molar-refractivity contribution is 9.11. The van der Waals surface area contributed by atoms with Crippen LogP contribution in [0.25, 0.3) is 0 Å². The SMILES string of the molecule is CNCc1cc(Br)c(OCc2ccc(F)cc2Cl)c(Br)c1. The Hall–Kier alpha value is -0.620. The van der Waals surface area contributed by atoms with Gasteiger partial charge in [0.05, 0.1) is 14.0 Å². The summed E-state index contributed by atoms with van der Waals surface area (Å²) in [4.78, 5) is 0. The molecule has 0 radical (unpaired) electrons. The molecule has 6 heteroatoms. The van der Waals surface area contributed by atoms with Gasteiger partial charge in [0, 0.05) is 12.1 Å². The zero-order chi connectivity index (χ0) is 15.4. The van der Waals surface area contributed by atoms with Crippen molar-refractivity contribution < 1.29 is 9.13 Å². The third-order valence-corrected chi connectivity index (χ3v) is 4.36. The van der Waals surface area contributed by atoms with Crippen LogP contribution < -0.4 is 10.1 Å². The average molecular weight is 438 g/mol. The molecule has 1 N–H and O–H groups in total. The Kier molecular flexibility index (Phi) is 6.05. The highest BCUT2D eigenvalue weighted by atomic mass is 79.9. The van der Waals surface area contributed by atoms with Crippen LogP contribution in [-0.4, -0.2) is 7.05 Å². The van der Waals surface area contributed by atoms with Crippen LogP contribution in [0.15, 0.2) is 39.3 Å². The average Bonchev–Trinajstić information content (AvgIpc) is 2.40. The number of halogens is 4. The number of rotatable bonds is 5. The normalized spacial score (nSPS) is 10.7. The Bertz CT molecular complexity index is 629. The first-order valence-electron chi connectivity index (χ1n) is 6.20. The van der Waals surface area contributed by atoms with Crippen molar-refractivity contribution in [1.82, 2.24) is 5.32 Å². The Morgan fingerprint density at radius 2 is 1.86 bits per heavy atom. The van der Waals surface area contributed by atoms with Crippen molar-refractivity contribution in [2.45, 2.75) is 13.2 Å². The number of nitrogens with one attached hydrogen (secondary N) is 1. The lowest BCUT2D eigenvalue weighted by atomic mass is 10.2. The number of benzene rings is 2. The summed E-state index contributed by atoms with van der Waals surface area (Å²) in [6, 6.07) is 8.24. The van der Waals surface area contributed by atoms with E-state index in [0.29, 0.717) is 10.8 Å². The quantitative estimate of drug-likeness (QED) is 0.685. The molecule has 112 valence electrons. The Morgan fingerprint density at radius 3 is 2.43 bits per heavy atom. The molecule has 2 nitrogen and oxygen atoms in total. The van der Waals surface area contributed by atoms with Crippen LogP contribution >= 0.6 is 43.5 Å². The third kappa shape index (κ3) is 4.42. The van der Waals surface area contributed by atoms with Gasteiger partial charge in [0.1, 0.15) is 18.2 Å². The maximum absolute atomic E-state index is 13.0. The Balaban J connectivity index is 2.16. The number of hydrogen-bond acceptors (Lipinski definition) is 2. The molecule has 0 heterocycles. The van der Waals surface area contributed by atoms with E-state index in [2.05, 4.69) is 37.2 Å². The van der Waals surface area contributed by atoms with Crippen molar-refractivity contribution in [3.05, 3.63) is 61.2 Å². The molecule has 0 unspecified atom stereocenters. The summed E-state index contributed by atoms with van der Waals surface area (Å²) in [7, 11) is 1.89. The van der Waals surface area contributed by atoms with E-state index in [1.165, 1.54) is 12.1 Å². The summed E-state index contributed by atoms with van der Waals surface area (Å²) in [5, 5.41) is 3.45. The van der Waals surface area contributed by atoms with E-state index in [1.807, 2.05) is 19.2 Å². The van der Waals surface area contributed by atoms with Gasteiger partial charge in [0.25, 0.3) is 0 Å². The van der Waals surface area contributed by atoms with Crippen LogP contribution in [0, 0.1) is 5.82 Å². The molecular formula is C15H13Br2ClFNO. The van der Waals surface area contributed by atoms with Gasteiger partial charge in [-0.1, -0.05) is 17.7 Å². The number of ether oxygens (including phenoxy) is 1. The molecule has 0 aliphatic carbocycles. The van der Waals surface area contributed by atoms with Crippen LogP contribution in [0.3, 0.4) is 0 Å². The minimum absolute atomic E-state index is 0.266. The summed E-state index contributed by atoms with van der Waals surface area (Å²) in [6.07, 6.45) is 0. The molecule has 0 atom stereocenters. The third-order valence-electron chi connectivity index (χ3n) is 2.83. The lowest BCUT2D eigenvalue weighted by Crippen LogP contribution is -2.05. The maximum atomic E-state index is 13.0. The molecule has 0 fully saturated rings. The molecule has 21 heavy (non-hydrogen) atoms. The van der Waals surface area contributed by atoms with Crippen molar-refractivity contribution in [2.75, 3.05) is 7.05 Å². The highest BCUT2D eigenvalue weighted by Crippen LogP contribution is 2.35. The molecular weight excluding hydrogens is 424 g/mol. The van der Waals surface area contributed by atoms with E-state index in [-0.39, 0.29) is 12.4 Å². The monoisotopic (exact) mass is 435 g/mol. The first kappa shape index (κ1) is 16.7. The first-order chi connectivity index (χ1) is 10.0. The van der Waals surface area contributed by atoms with Crippen molar-refractivity contribution >= 4 is 43.5 Å². The molecule has 0 aliphatic rings. The van der Waals surface area contributed by atoms with Crippen molar-refractivity contribution in [3.8, 4) is 5.75 Å². The van der Waals surface area contributed by atoms with E-state index in [0.717, 1.165) is 26.6 Å². The summed E-state index contributed by atoms with van der Waals surface area (Å²) in [5.74, 6) is 0.331. The van der Waals surface area contributed by atoms with Gasteiger partial charge >= 0.3 is 0 Å². The molecule has 0 aliphatic heterocycles. The van der Waals surface area contributed by atoms with E-state index >= 15 is 0 Å². The van der Waals surface area contributed by atoms with Gasteiger partial charge in [-0.2, -0.15) is 0 Å². The second-order valence-corrected chi connectivity index (χ2v) is 6.56. The molecule has 0 saturated heterocycles. The molecule has 2 rings (SSSR count). The highest BCUT2D eigenvalue weighted by Gasteiger charge is 2.10. The molecule has 0 aromatic heterocycles. The smallest absolute Gasteiger partial charge is 0.148 e. The molecule has 0 spiro atoms. The molecule has 0 saturated carbocycles.